The quantitative estimate of drug-likeness (QED) is 0.206. The van der Waals surface area contributed by atoms with Gasteiger partial charge in [0.1, 0.15) is 23.8 Å². The molecule has 3 aromatic carbocycles. The SMILES string of the molecule is CCn1c2ccc(O)cc2c2cc(C(=NOC(C)=O)c3ccc(OCC4CCCO4)cc3C)ccc21. The Morgan fingerprint density at radius 1 is 1.11 bits per heavy atom. The molecular formula is C29H30N2O5. The lowest BCUT2D eigenvalue weighted by Crippen LogP contribution is -2.16. The molecule has 1 atom stereocenters. The number of phenols is 1. The first-order valence-electron chi connectivity index (χ1n) is 12.3. The third kappa shape index (κ3) is 4.66. The number of aromatic hydroxyl groups is 1. The normalized spacial score (nSPS) is 16.1. The van der Waals surface area contributed by atoms with Crippen LogP contribution in [0.1, 0.15) is 43.4 Å². The van der Waals surface area contributed by atoms with Gasteiger partial charge in [0.15, 0.2) is 0 Å². The fraction of sp³-hybridized carbons (Fsp3) is 0.310. The number of nitrogens with zero attached hydrogens (tertiary/aromatic N) is 2. The molecule has 2 heterocycles. The van der Waals surface area contributed by atoms with E-state index in [1.165, 1.54) is 6.92 Å². The summed E-state index contributed by atoms with van der Waals surface area (Å²) in [5.74, 6) is 0.483. The number of carbonyl (C=O) groups is 1. The lowest BCUT2D eigenvalue weighted by Gasteiger charge is -2.14. The molecule has 4 aromatic rings. The van der Waals surface area contributed by atoms with Crippen LogP contribution in [0.2, 0.25) is 0 Å². The second-order valence-corrected chi connectivity index (χ2v) is 9.12. The van der Waals surface area contributed by atoms with Crippen molar-refractivity contribution in [3.63, 3.8) is 0 Å². The summed E-state index contributed by atoms with van der Waals surface area (Å²) < 4.78 is 13.8. The molecule has 1 saturated heterocycles. The summed E-state index contributed by atoms with van der Waals surface area (Å²) >= 11 is 0. The van der Waals surface area contributed by atoms with Crippen molar-refractivity contribution in [1.82, 2.24) is 4.57 Å². The van der Waals surface area contributed by atoms with Crippen molar-refractivity contribution in [3.05, 3.63) is 71.3 Å². The molecule has 7 nitrogen and oxygen atoms in total. The number of fused-ring (bicyclic) bond motifs is 3. The van der Waals surface area contributed by atoms with Crippen LogP contribution in [0.25, 0.3) is 21.8 Å². The largest absolute Gasteiger partial charge is 0.508 e. The van der Waals surface area contributed by atoms with E-state index in [1.54, 1.807) is 12.1 Å². The van der Waals surface area contributed by atoms with Gasteiger partial charge < -0.3 is 24.0 Å². The van der Waals surface area contributed by atoms with E-state index in [-0.39, 0.29) is 11.9 Å². The summed E-state index contributed by atoms with van der Waals surface area (Å²) in [5.41, 5.74) is 5.24. The van der Waals surface area contributed by atoms with E-state index in [4.69, 9.17) is 14.3 Å². The molecule has 1 unspecified atom stereocenters. The molecule has 0 saturated carbocycles. The fourth-order valence-electron chi connectivity index (χ4n) is 4.90. The van der Waals surface area contributed by atoms with E-state index in [2.05, 4.69) is 16.6 Å². The van der Waals surface area contributed by atoms with Gasteiger partial charge in [0.2, 0.25) is 0 Å². The second kappa shape index (κ2) is 10.0. The third-order valence-corrected chi connectivity index (χ3v) is 6.62. The number of rotatable bonds is 7. The molecule has 1 aromatic heterocycles. The van der Waals surface area contributed by atoms with Gasteiger partial charge in [-0.05, 0) is 80.8 Å². The lowest BCUT2D eigenvalue weighted by atomic mass is 9.96. The number of aryl methyl sites for hydroxylation is 2. The van der Waals surface area contributed by atoms with Gasteiger partial charge >= 0.3 is 5.97 Å². The molecule has 0 amide bonds. The van der Waals surface area contributed by atoms with Crippen molar-refractivity contribution in [2.24, 2.45) is 5.16 Å². The average molecular weight is 487 g/mol. The van der Waals surface area contributed by atoms with E-state index in [9.17, 15) is 9.90 Å². The van der Waals surface area contributed by atoms with Crippen LogP contribution >= 0.6 is 0 Å². The number of aromatic nitrogens is 1. The van der Waals surface area contributed by atoms with Gasteiger partial charge in [-0.3, -0.25) is 0 Å². The molecule has 0 spiro atoms. The van der Waals surface area contributed by atoms with Crippen LogP contribution in [0.5, 0.6) is 11.5 Å². The van der Waals surface area contributed by atoms with Crippen molar-refractivity contribution >= 4 is 33.5 Å². The van der Waals surface area contributed by atoms with Gasteiger partial charge in [-0.2, -0.15) is 0 Å². The van der Waals surface area contributed by atoms with E-state index in [0.717, 1.165) is 70.2 Å². The van der Waals surface area contributed by atoms with Crippen LogP contribution in [-0.2, 0) is 20.9 Å². The van der Waals surface area contributed by atoms with Crippen LogP contribution in [0.3, 0.4) is 0 Å². The molecule has 0 aliphatic carbocycles. The van der Waals surface area contributed by atoms with Crippen molar-refractivity contribution in [3.8, 4) is 11.5 Å². The molecule has 0 radical (unpaired) electrons. The monoisotopic (exact) mass is 486 g/mol. The Labute approximate surface area is 209 Å². The summed E-state index contributed by atoms with van der Waals surface area (Å²) in [4.78, 5) is 16.7. The van der Waals surface area contributed by atoms with E-state index in [1.807, 2.05) is 49.4 Å². The predicted octanol–water partition coefficient (Wildman–Crippen LogP) is 5.70. The first-order valence-corrected chi connectivity index (χ1v) is 12.3. The maximum atomic E-state index is 11.6. The molecule has 0 bridgehead atoms. The Bertz CT molecular complexity index is 1460. The Hall–Kier alpha value is -3.84. The van der Waals surface area contributed by atoms with Gasteiger partial charge in [-0.15, -0.1) is 0 Å². The highest BCUT2D eigenvalue weighted by Gasteiger charge is 2.18. The van der Waals surface area contributed by atoms with Crippen LogP contribution < -0.4 is 4.74 Å². The lowest BCUT2D eigenvalue weighted by molar-refractivity contribution is -0.140. The first kappa shape index (κ1) is 23.9. The summed E-state index contributed by atoms with van der Waals surface area (Å²) in [6.07, 6.45) is 2.23. The summed E-state index contributed by atoms with van der Waals surface area (Å²) in [5, 5.41) is 16.3. The minimum absolute atomic E-state index is 0.141. The fourth-order valence-corrected chi connectivity index (χ4v) is 4.90. The zero-order valence-electron chi connectivity index (χ0n) is 20.8. The smallest absolute Gasteiger partial charge is 0.332 e. The molecule has 1 aliphatic rings. The molecule has 1 aliphatic heterocycles. The van der Waals surface area contributed by atoms with Crippen LogP contribution in [0.15, 0.2) is 59.8 Å². The Morgan fingerprint density at radius 3 is 2.58 bits per heavy atom. The van der Waals surface area contributed by atoms with Crippen LogP contribution in [0.4, 0.5) is 0 Å². The van der Waals surface area contributed by atoms with E-state index in [0.29, 0.717) is 12.3 Å². The van der Waals surface area contributed by atoms with Gasteiger partial charge in [0, 0.05) is 53.0 Å². The standard InChI is InChI=1S/C29H30N2O5/c1-4-31-27-11-7-20(15-25(27)26-16-21(33)8-12-28(26)31)29(30-36-19(3)32)24-10-9-22(14-18(24)2)35-17-23-6-5-13-34-23/h7-12,14-16,23,33H,4-6,13,17H2,1-3H3. The molecule has 1 fully saturated rings. The number of oxime groups is 1. The van der Waals surface area contributed by atoms with E-state index < -0.39 is 5.97 Å². The molecule has 7 heteroatoms. The van der Waals surface area contributed by atoms with Crippen molar-refractivity contribution in [2.75, 3.05) is 13.2 Å². The minimum atomic E-state index is -0.491. The number of carbonyl (C=O) groups excluding carboxylic acids is 1. The van der Waals surface area contributed by atoms with Gasteiger partial charge in [-0.1, -0.05) is 11.2 Å². The van der Waals surface area contributed by atoms with Gasteiger partial charge in [0.25, 0.3) is 0 Å². The zero-order chi connectivity index (χ0) is 25.2. The number of hydrogen-bond donors (Lipinski definition) is 1. The van der Waals surface area contributed by atoms with Crippen molar-refractivity contribution in [1.29, 1.82) is 0 Å². The zero-order valence-corrected chi connectivity index (χ0v) is 20.8. The Morgan fingerprint density at radius 2 is 1.89 bits per heavy atom. The van der Waals surface area contributed by atoms with Crippen LogP contribution in [-0.4, -0.2) is 40.7 Å². The summed E-state index contributed by atoms with van der Waals surface area (Å²) in [7, 11) is 0. The highest BCUT2D eigenvalue weighted by molar-refractivity contribution is 6.17. The van der Waals surface area contributed by atoms with Crippen molar-refractivity contribution < 1.29 is 24.2 Å². The number of ether oxygens (including phenoxy) is 2. The van der Waals surface area contributed by atoms with E-state index >= 15 is 0 Å². The third-order valence-electron chi connectivity index (χ3n) is 6.62. The summed E-state index contributed by atoms with van der Waals surface area (Å²) in [6, 6.07) is 17.3. The molecule has 5 rings (SSSR count). The van der Waals surface area contributed by atoms with Crippen LogP contribution in [0, 0.1) is 6.92 Å². The van der Waals surface area contributed by atoms with Crippen molar-refractivity contribution in [2.45, 2.75) is 46.3 Å². The average Bonchev–Trinajstić information content (AvgIpc) is 3.49. The highest BCUT2D eigenvalue weighted by atomic mass is 16.7. The number of benzene rings is 3. The topological polar surface area (TPSA) is 82.3 Å². The highest BCUT2D eigenvalue weighted by Crippen LogP contribution is 2.33. The molecule has 186 valence electrons. The van der Waals surface area contributed by atoms with Gasteiger partial charge in [-0.25, -0.2) is 4.79 Å². The second-order valence-electron chi connectivity index (χ2n) is 9.12. The molecule has 1 N–H and O–H groups in total. The molecule has 36 heavy (non-hydrogen) atoms. The molecular weight excluding hydrogens is 456 g/mol. The first-order chi connectivity index (χ1) is 17.4. The number of phenolic OH excluding ortho intramolecular Hbond substituents is 1. The minimum Gasteiger partial charge on any atom is -0.508 e. The summed E-state index contributed by atoms with van der Waals surface area (Å²) in [6.45, 7) is 7.53. The predicted molar refractivity (Wildman–Crippen MR) is 140 cm³/mol. The van der Waals surface area contributed by atoms with Gasteiger partial charge in [0.05, 0.1) is 6.10 Å². The maximum absolute atomic E-state index is 11.6. The Balaban J connectivity index is 1.56. The number of hydrogen-bond acceptors (Lipinski definition) is 6. The Kier molecular flexibility index (Phi) is 6.65. The maximum Gasteiger partial charge on any atom is 0.332 e.